The van der Waals surface area contributed by atoms with Crippen LogP contribution in [0, 0.1) is 17.0 Å². The Morgan fingerprint density at radius 2 is 2.05 bits per heavy atom. The first-order valence-electron chi connectivity index (χ1n) is 6.57. The number of benzene rings is 1. The van der Waals surface area contributed by atoms with Crippen molar-refractivity contribution in [3.63, 3.8) is 0 Å². The molecule has 1 aliphatic carbocycles. The second kappa shape index (κ2) is 4.59. The molecule has 0 aliphatic heterocycles. The highest BCUT2D eigenvalue weighted by molar-refractivity contribution is 5.98. The van der Waals surface area contributed by atoms with Crippen LogP contribution in [0.15, 0.2) is 30.5 Å². The number of hydrogen-bond acceptors (Lipinski definition) is 3. The lowest BCUT2D eigenvalue weighted by atomic mass is 9.96. The number of aromatic nitrogens is 1. The molecule has 5 nitrogen and oxygen atoms in total. The lowest BCUT2D eigenvalue weighted by Gasteiger charge is -2.16. The molecule has 20 heavy (non-hydrogen) atoms. The number of carbonyl (C=O) groups excluding carboxylic acids is 1. The van der Waals surface area contributed by atoms with Crippen molar-refractivity contribution in [1.29, 1.82) is 0 Å². The third-order valence-electron chi connectivity index (χ3n) is 3.76. The Labute approximate surface area is 116 Å². The van der Waals surface area contributed by atoms with Crippen molar-refractivity contribution in [2.75, 3.05) is 0 Å². The van der Waals surface area contributed by atoms with Crippen LogP contribution < -0.4 is 0 Å². The Kier molecular flexibility index (Phi) is 2.89. The van der Waals surface area contributed by atoms with Crippen LogP contribution >= 0.6 is 0 Å². The molecule has 0 radical (unpaired) electrons. The molecule has 0 N–H and O–H groups in total. The fourth-order valence-electron chi connectivity index (χ4n) is 2.77. The maximum absolute atomic E-state index is 11.9. The van der Waals surface area contributed by atoms with Gasteiger partial charge in [0.25, 0.3) is 5.69 Å². The van der Waals surface area contributed by atoms with E-state index in [2.05, 4.69) is 0 Å². The number of rotatable bonds is 2. The molecule has 2 aromatic rings. The number of nitro groups is 1. The molecule has 1 aromatic carbocycles. The lowest BCUT2D eigenvalue weighted by Crippen LogP contribution is -2.12. The fourth-order valence-corrected chi connectivity index (χ4v) is 2.77. The van der Waals surface area contributed by atoms with Crippen molar-refractivity contribution < 1.29 is 9.72 Å². The summed E-state index contributed by atoms with van der Waals surface area (Å²) < 4.78 is 1.98. The van der Waals surface area contributed by atoms with Crippen LogP contribution in [0.1, 0.15) is 34.5 Å². The van der Waals surface area contributed by atoms with E-state index >= 15 is 0 Å². The van der Waals surface area contributed by atoms with Gasteiger partial charge in [-0.15, -0.1) is 0 Å². The lowest BCUT2D eigenvalue weighted by molar-refractivity contribution is -0.384. The summed E-state index contributed by atoms with van der Waals surface area (Å²) in [6.45, 7) is 1.85. The minimum atomic E-state index is -0.397. The van der Waals surface area contributed by atoms with Gasteiger partial charge in [-0.3, -0.25) is 14.9 Å². The van der Waals surface area contributed by atoms with Crippen molar-refractivity contribution in [3.05, 3.63) is 57.4 Å². The van der Waals surface area contributed by atoms with Gasteiger partial charge < -0.3 is 4.57 Å². The van der Waals surface area contributed by atoms with Gasteiger partial charge in [0.2, 0.25) is 0 Å². The van der Waals surface area contributed by atoms with Crippen molar-refractivity contribution in [1.82, 2.24) is 4.57 Å². The molecule has 0 saturated heterocycles. The number of nitrogens with zero attached hydrogens (tertiary/aromatic N) is 2. The maximum atomic E-state index is 11.9. The largest absolute Gasteiger partial charge is 0.320 e. The summed E-state index contributed by atoms with van der Waals surface area (Å²) in [5.41, 5.74) is 3.61. The van der Waals surface area contributed by atoms with Gasteiger partial charge in [-0.1, -0.05) is 0 Å². The molecule has 1 heterocycles. The molecule has 0 bridgehead atoms. The average molecular weight is 270 g/mol. The van der Waals surface area contributed by atoms with E-state index in [0.29, 0.717) is 6.42 Å². The minimum Gasteiger partial charge on any atom is -0.320 e. The Balaban J connectivity index is 2.10. The zero-order valence-electron chi connectivity index (χ0n) is 11.1. The second-order valence-corrected chi connectivity index (χ2v) is 5.05. The van der Waals surface area contributed by atoms with Crippen LogP contribution in [0.4, 0.5) is 5.69 Å². The van der Waals surface area contributed by atoms with Crippen LogP contribution in [-0.2, 0) is 6.42 Å². The van der Waals surface area contributed by atoms with E-state index in [4.69, 9.17) is 0 Å². The van der Waals surface area contributed by atoms with Crippen molar-refractivity contribution >= 4 is 11.5 Å². The summed E-state index contributed by atoms with van der Waals surface area (Å²) in [7, 11) is 0. The molecule has 102 valence electrons. The zero-order valence-corrected chi connectivity index (χ0v) is 11.1. The summed E-state index contributed by atoms with van der Waals surface area (Å²) in [4.78, 5) is 22.2. The van der Waals surface area contributed by atoms with Gasteiger partial charge in [-0.25, -0.2) is 0 Å². The molecule has 0 spiro atoms. The third-order valence-corrected chi connectivity index (χ3v) is 3.76. The van der Waals surface area contributed by atoms with E-state index in [-0.39, 0.29) is 11.5 Å². The molecule has 3 rings (SSSR count). The number of fused-ring (bicyclic) bond motifs is 1. The Bertz CT molecular complexity index is 716. The summed E-state index contributed by atoms with van der Waals surface area (Å²) >= 11 is 0. The van der Waals surface area contributed by atoms with E-state index in [1.165, 1.54) is 6.07 Å². The normalized spacial score (nSPS) is 14.2. The first-order valence-corrected chi connectivity index (χ1v) is 6.57. The van der Waals surface area contributed by atoms with Gasteiger partial charge in [0.05, 0.1) is 4.92 Å². The maximum Gasteiger partial charge on any atom is 0.269 e. The number of ketones is 1. The Morgan fingerprint density at radius 1 is 1.25 bits per heavy atom. The van der Waals surface area contributed by atoms with Gasteiger partial charge in [-0.05, 0) is 37.5 Å². The zero-order chi connectivity index (χ0) is 14.3. The van der Waals surface area contributed by atoms with E-state index in [1.807, 2.05) is 23.8 Å². The number of hydrogen-bond donors (Lipinski definition) is 0. The van der Waals surface area contributed by atoms with Gasteiger partial charge in [0, 0.05) is 41.7 Å². The van der Waals surface area contributed by atoms with E-state index < -0.39 is 4.92 Å². The van der Waals surface area contributed by atoms with E-state index in [1.54, 1.807) is 12.1 Å². The molecular formula is C15H14N2O3. The number of non-ortho nitro benzene ring substituents is 1. The van der Waals surface area contributed by atoms with Gasteiger partial charge in [-0.2, -0.15) is 0 Å². The Hall–Kier alpha value is -2.43. The number of carbonyl (C=O) groups is 1. The van der Waals surface area contributed by atoms with Gasteiger partial charge in [0.1, 0.15) is 0 Å². The van der Waals surface area contributed by atoms with Gasteiger partial charge >= 0.3 is 0 Å². The van der Waals surface area contributed by atoms with Crippen LogP contribution in [0.25, 0.3) is 5.69 Å². The predicted molar refractivity (Wildman–Crippen MR) is 74.4 cm³/mol. The molecule has 0 saturated carbocycles. The average Bonchev–Trinajstić information content (AvgIpc) is 2.84. The van der Waals surface area contributed by atoms with Crippen molar-refractivity contribution in [2.24, 2.45) is 0 Å². The highest BCUT2D eigenvalue weighted by Gasteiger charge is 2.22. The van der Waals surface area contributed by atoms with Crippen molar-refractivity contribution in [3.8, 4) is 5.69 Å². The smallest absolute Gasteiger partial charge is 0.269 e. The highest BCUT2D eigenvalue weighted by atomic mass is 16.6. The molecular weight excluding hydrogens is 256 g/mol. The van der Waals surface area contributed by atoms with Crippen LogP contribution in [0.5, 0.6) is 0 Å². The predicted octanol–water partition coefficient (Wildman–Crippen LogP) is 3.21. The molecule has 1 aromatic heterocycles. The first-order chi connectivity index (χ1) is 9.58. The number of Topliss-reactive ketones (excluding diaryl/α,β-unsaturated/α-hetero) is 1. The second-order valence-electron chi connectivity index (χ2n) is 5.05. The standard InChI is InChI=1S/C15H14N2O3/c1-10-9-11(17(19)20)5-6-13(10)16-8-7-12-14(16)3-2-4-15(12)18/h5-9H,2-4H2,1H3. The highest BCUT2D eigenvalue weighted by Crippen LogP contribution is 2.28. The number of nitro benzene ring substituents is 1. The summed E-state index contributed by atoms with van der Waals surface area (Å²) in [5, 5.41) is 10.8. The number of aryl methyl sites for hydroxylation is 1. The SMILES string of the molecule is Cc1cc([N+](=O)[O-])ccc1-n1ccc2c1CCCC2=O. The minimum absolute atomic E-state index is 0.0864. The molecule has 0 unspecified atom stereocenters. The van der Waals surface area contributed by atoms with E-state index in [9.17, 15) is 14.9 Å². The third kappa shape index (κ3) is 1.91. The molecule has 0 fully saturated rings. The van der Waals surface area contributed by atoms with Crippen molar-refractivity contribution in [2.45, 2.75) is 26.2 Å². The molecule has 0 atom stereocenters. The summed E-state index contributed by atoms with van der Waals surface area (Å²) in [6, 6.07) is 6.65. The van der Waals surface area contributed by atoms with Crippen LogP contribution in [0.2, 0.25) is 0 Å². The molecule has 1 aliphatic rings. The van der Waals surface area contributed by atoms with Crippen LogP contribution in [-0.4, -0.2) is 15.3 Å². The monoisotopic (exact) mass is 270 g/mol. The van der Waals surface area contributed by atoms with E-state index in [0.717, 1.165) is 35.3 Å². The fraction of sp³-hybridized carbons (Fsp3) is 0.267. The molecule has 0 amide bonds. The summed E-state index contributed by atoms with van der Waals surface area (Å²) in [6.07, 6.45) is 4.21. The van der Waals surface area contributed by atoms with Crippen LogP contribution in [0.3, 0.4) is 0 Å². The summed E-state index contributed by atoms with van der Waals surface area (Å²) in [5.74, 6) is 0.185. The van der Waals surface area contributed by atoms with Gasteiger partial charge in [0.15, 0.2) is 5.78 Å². The topological polar surface area (TPSA) is 65.1 Å². The quantitative estimate of drug-likeness (QED) is 0.621. The first kappa shape index (κ1) is 12.6. The Morgan fingerprint density at radius 3 is 2.75 bits per heavy atom. The molecule has 5 heteroatoms.